The molecule has 5 rings (SSSR count). The van der Waals surface area contributed by atoms with Gasteiger partial charge in [-0.05, 0) is 36.8 Å². The largest absolute Gasteiger partial charge is 0.432 e. The van der Waals surface area contributed by atoms with Crippen molar-refractivity contribution < 1.29 is 13.5 Å². The van der Waals surface area contributed by atoms with E-state index in [0.717, 1.165) is 53.6 Å². The van der Waals surface area contributed by atoms with Gasteiger partial charge in [-0.1, -0.05) is 24.1 Å². The first-order chi connectivity index (χ1) is 16.0. The molecule has 2 aromatic heterocycles. The Hall–Kier alpha value is -2.91. The molecule has 3 aromatic rings. The molecule has 0 aliphatic carbocycles. The predicted octanol–water partition coefficient (Wildman–Crippen LogP) is 5.08. The van der Waals surface area contributed by atoms with Crippen LogP contribution in [0, 0.1) is 5.41 Å². The fraction of sp³-hybridized carbons (Fsp3) is 0.333. The van der Waals surface area contributed by atoms with E-state index in [1.54, 1.807) is 30.3 Å². The van der Waals surface area contributed by atoms with Gasteiger partial charge in [0, 0.05) is 71.6 Å². The number of aromatic amines is 1. The van der Waals surface area contributed by atoms with Crippen LogP contribution in [0.25, 0.3) is 27.7 Å². The molecule has 0 radical (unpaired) electrons. The SMILES string of the molecule is CSN1CCC(N/C=C(\C=N)c2cnc3[nH]cc(-c4ccc5c(c4)OC(F)(F)C5)c3c2)CC1. The maximum absolute atomic E-state index is 13.6. The van der Waals surface area contributed by atoms with Gasteiger partial charge in [-0.3, -0.25) is 4.31 Å². The molecule has 3 N–H and O–H groups in total. The molecule has 33 heavy (non-hydrogen) atoms. The Morgan fingerprint density at radius 1 is 1.33 bits per heavy atom. The van der Waals surface area contributed by atoms with Gasteiger partial charge in [0.05, 0.1) is 6.42 Å². The van der Waals surface area contributed by atoms with Crippen molar-refractivity contribution in [1.82, 2.24) is 19.6 Å². The first-order valence-electron chi connectivity index (χ1n) is 10.9. The normalized spacial score (nSPS) is 18.8. The molecule has 172 valence electrons. The van der Waals surface area contributed by atoms with E-state index in [1.165, 1.54) is 6.21 Å². The molecular weight excluding hydrogens is 444 g/mol. The van der Waals surface area contributed by atoms with Gasteiger partial charge < -0.3 is 20.4 Å². The summed E-state index contributed by atoms with van der Waals surface area (Å²) >= 11 is 1.78. The van der Waals surface area contributed by atoms with Crippen LogP contribution in [0.1, 0.15) is 24.0 Å². The first kappa shape index (κ1) is 21.9. The Kier molecular flexibility index (Phi) is 5.84. The number of hydrogen-bond donors (Lipinski definition) is 3. The number of nitrogens with zero attached hydrogens (tertiary/aromatic N) is 2. The van der Waals surface area contributed by atoms with Crippen LogP contribution in [0.3, 0.4) is 0 Å². The highest BCUT2D eigenvalue weighted by molar-refractivity contribution is 7.96. The zero-order chi connectivity index (χ0) is 23.0. The van der Waals surface area contributed by atoms with Gasteiger partial charge >= 0.3 is 6.11 Å². The Balaban J connectivity index is 1.41. The lowest BCUT2D eigenvalue weighted by Gasteiger charge is -2.30. The minimum absolute atomic E-state index is 0.216. The third-order valence-corrected chi connectivity index (χ3v) is 7.12. The minimum atomic E-state index is -3.15. The van der Waals surface area contributed by atoms with E-state index in [0.29, 0.717) is 17.3 Å². The lowest BCUT2D eigenvalue weighted by Crippen LogP contribution is -2.37. The molecule has 0 saturated carbocycles. The van der Waals surface area contributed by atoms with Gasteiger partial charge in [0.15, 0.2) is 0 Å². The summed E-state index contributed by atoms with van der Waals surface area (Å²) in [6.07, 6.45) is 7.44. The van der Waals surface area contributed by atoms with E-state index < -0.39 is 12.5 Å². The van der Waals surface area contributed by atoms with E-state index in [9.17, 15) is 8.78 Å². The van der Waals surface area contributed by atoms with Crippen LogP contribution in [0.4, 0.5) is 8.78 Å². The monoisotopic (exact) mass is 469 g/mol. The molecule has 2 aliphatic heterocycles. The van der Waals surface area contributed by atoms with Crippen LogP contribution in [0.5, 0.6) is 5.75 Å². The second-order valence-electron chi connectivity index (χ2n) is 8.36. The summed E-state index contributed by atoms with van der Waals surface area (Å²) in [5.41, 5.74) is 4.38. The van der Waals surface area contributed by atoms with Crippen LogP contribution in [-0.4, -0.2) is 52.0 Å². The number of H-pyrrole nitrogens is 1. The number of allylic oxidation sites excluding steroid dienone is 1. The summed E-state index contributed by atoms with van der Waals surface area (Å²) in [7, 11) is 0. The van der Waals surface area contributed by atoms with Crippen LogP contribution in [-0.2, 0) is 6.42 Å². The average Bonchev–Trinajstić information content (AvgIpc) is 3.38. The molecule has 6 nitrogen and oxygen atoms in total. The highest BCUT2D eigenvalue weighted by atomic mass is 32.2. The zero-order valence-electron chi connectivity index (χ0n) is 18.2. The third kappa shape index (κ3) is 4.47. The van der Waals surface area contributed by atoms with Crippen molar-refractivity contribution in [2.75, 3.05) is 19.3 Å². The topological polar surface area (TPSA) is 77.0 Å². The molecule has 0 amide bonds. The molecule has 4 heterocycles. The number of alkyl halides is 2. The van der Waals surface area contributed by atoms with Crippen molar-refractivity contribution in [2.24, 2.45) is 0 Å². The number of rotatable bonds is 6. The maximum Gasteiger partial charge on any atom is 0.402 e. The highest BCUT2D eigenvalue weighted by Crippen LogP contribution is 2.40. The molecule has 0 unspecified atom stereocenters. The minimum Gasteiger partial charge on any atom is -0.432 e. The van der Waals surface area contributed by atoms with Crippen molar-refractivity contribution in [2.45, 2.75) is 31.4 Å². The van der Waals surface area contributed by atoms with Gasteiger partial charge in [-0.2, -0.15) is 8.78 Å². The van der Waals surface area contributed by atoms with Crippen molar-refractivity contribution in [3.05, 3.63) is 54.0 Å². The summed E-state index contributed by atoms with van der Waals surface area (Å²) < 4.78 is 34.4. The predicted molar refractivity (Wildman–Crippen MR) is 129 cm³/mol. The van der Waals surface area contributed by atoms with Gasteiger partial charge in [0.25, 0.3) is 0 Å². The van der Waals surface area contributed by atoms with Crippen molar-refractivity contribution in [1.29, 1.82) is 5.41 Å². The second-order valence-corrected chi connectivity index (χ2v) is 9.24. The summed E-state index contributed by atoms with van der Waals surface area (Å²) in [6.45, 7) is 2.09. The Bertz CT molecular complexity index is 1220. The van der Waals surface area contributed by atoms with Gasteiger partial charge in [0.1, 0.15) is 11.4 Å². The van der Waals surface area contributed by atoms with Crippen molar-refractivity contribution >= 4 is 34.8 Å². The summed E-state index contributed by atoms with van der Waals surface area (Å²) in [6, 6.07) is 7.53. The van der Waals surface area contributed by atoms with Crippen LogP contribution < -0.4 is 10.1 Å². The number of nitrogens with one attached hydrogen (secondary N) is 3. The molecule has 0 spiro atoms. The molecule has 9 heteroatoms. The average molecular weight is 470 g/mol. The van der Waals surface area contributed by atoms with Crippen LogP contribution >= 0.6 is 11.9 Å². The molecular formula is C24H25F2N5OS. The Labute approximate surface area is 195 Å². The number of halogens is 2. The van der Waals surface area contributed by atoms with Crippen LogP contribution in [0.2, 0.25) is 0 Å². The lowest BCUT2D eigenvalue weighted by atomic mass is 10.0. The molecule has 0 bridgehead atoms. The Morgan fingerprint density at radius 3 is 2.91 bits per heavy atom. The zero-order valence-corrected chi connectivity index (χ0v) is 19.0. The fourth-order valence-electron chi connectivity index (χ4n) is 4.40. The fourth-order valence-corrected chi connectivity index (χ4v) is 4.98. The van der Waals surface area contributed by atoms with Crippen LogP contribution in [0.15, 0.2) is 42.9 Å². The number of benzene rings is 1. The van der Waals surface area contributed by atoms with E-state index >= 15 is 0 Å². The van der Waals surface area contributed by atoms with Crippen molar-refractivity contribution in [3.8, 4) is 16.9 Å². The molecule has 1 fully saturated rings. The van der Waals surface area contributed by atoms with E-state index in [2.05, 4.69) is 25.8 Å². The smallest absolute Gasteiger partial charge is 0.402 e. The van der Waals surface area contributed by atoms with Gasteiger partial charge in [-0.15, -0.1) is 0 Å². The lowest BCUT2D eigenvalue weighted by molar-refractivity contribution is -0.159. The standard InChI is InChI=1S/C24H25F2N5OS/c1-33-31-6-4-19(5-7-31)28-13-18(11-27)17-8-20-21(14-30-23(20)29-12-17)15-2-3-16-10-24(25,26)32-22(16)9-15/h2-3,8-9,11-14,19,27-28H,4-7,10H2,1H3,(H,29,30)/b18-13+,27-11?. The number of piperidine rings is 1. The molecule has 1 aromatic carbocycles. The number of fused-ring (bicyclic) bond motifs is 2. The number of hydrogen-bond acceptors (Lipinski definition) is 6. The van der Waals surface area contributed by atoms with E-state index in [4.69, 9.17) is 10.1 Å². The molecule has 1 saturated heterocycles. The van der Waals surface area contributed by atoms with Crippen molar-refractivity contribution in [3.63, 3.8) is 0 Å². The highest BCUT2D eigenvalue weighted by Gasteiger charge is 2.39. The van der Waals surface area contributed by atoms with E-state index in [-0.39, 0.29) is 5.75 Å². The maximum atomic E-state index is 13.6. The number of pyridine rings is 1. The van der Waals surface area contributed by atoms with Gasteiger partial charge in [0.2, 0.25) is 0 Å². The number of aromatic nitrogens is 2. The quantitative estimate of drug-likeness (QED) is 0.347. The Morgan fingerprint density at radius 2 is 2.15 bits per heavy atom. The van der Waals surface area contributed by atoms with Gasteiger partial charge in [-0.25, -0.2) is 4.98 Å². The summed E-state index contributed by atoms with van der Waals surface area (Å²) in [5.74, 6) is 0.216. The summed E-state index contributed by atoms with van der Waals surface area (Å²) in [5, 5.41) is 12.2. The second kappa shape index (κ2) is 8.79. The molecule has 2 aliphatic rings. The first-order valence-corrected chi connectivity index (χ1v) is 12.1. The number of ether oxygens (including phenoxy) is 1. The third-order valence-electron chi connectivity index (χ3n) is 6.24. The van der Waals surface area contributed by atoms with E-state index in [1.807, 2.05) is 24.5 Å². The summed E-state index contributed by atoms with van der Waals surface area (Å²) in [4.78, 5) is 7.67. The molecule has 0 atom stereocenters.